The van der Waals surface area contributed by atoms with Gasteiger partial charge in [-0.2, -0.15) is 0 Å². The quantitative estimate of drug-likeness (QED) is 0.741. The predicted octanol–water partition coefficient (Wildman–Crippen LogP) is 2.87. The van der Waals surface area contributed by atoms with Crippen LogP contribution in [0.15, 0.2) is 24.3 Å². The fraction of sp³-hybridized carbons (Fsp3) is 0.611. The van der Waals surface area contributed by atoms with E-state index in [4.69, 9.17) is 4.43 Å². The van der Waals surface area contributed by atoms with Gasteiger partial charge in [-0.05, 0) is 32.6 Å². The minimum atomic E-state index is -1.88. The number of rotatable bonds is 7. The van der Waals surface area contributed by atoms with Crippen molar-refractivity contribution < 1.29 is 14.3 Å². The molecule has 5 nitrogen and oxygen atoms in total. The van der Waals surface area contributed by atoms with Crippen molar-refractivity contribution in [2.24, 2.45) is 0 Å². The van der Waals surface area contributed by atoms with Crippen LogP contribution in [0.2, 0.25) is 18.1 Å². The maximum atomic E-state index is 12.1. The largest absolute Gasteiger partial charge is 0.563 e. The van der Waals surface area contributed by atoms with Crippen LogP contribution in [0.25, 0.3) is 0 Å². The lowest BCUT2D eigenvalue weighted by Crippen LogP contribution is -2.44. The van der Waals surface area contributed by atoms with E-state index in [1.165, 1.54) is 0 Å². The number of benzene rings is 1. The van der Waals surface area contributed by atoms with Gasteiger partial charge in [0.05, 0.1) is 6.10 Å². The third kappa shape index (κ3) is 5.92. The minimum Gasteiger partial charge on any atom is -0.563 e. The van der Waals surface area contributed by atoms with Gasteiger partial charge >= 0.3 is 0 Å². The zero-order valence-corrected chi connectivity index (χ0v) is 17.0. The van der Waals surface area contributed by atoms with E-state index < -0.39 is 14.4 Å². The van der Waals surface area contributed by atoms with Crippen LogP contribution in [0.4, 0.5) is 5.69 Å². The van der Waals surface area contributed by atoms with Crippen molar-refractivity contribution >= 4 is 19.9 Å². The molecule has 0 saturated carbocycles. The monoisotopic (exact) mass is 352 g/mol. The van der Waals surface area contributed by atoms with Crippen LogP contribution in [0.5, 0.6) is 0 Å². The number of hydrogen-bond acceptors (Lipinski definition) is 4. The minimum absolute atomic E-state index is 0.101. The summed E-state index contributed by atoms with van der Waals surface area (Å²) in [4.78, 5) is 14.1. The summed E-state index contributed by atoms with van der Waals surface area (Å²) in [7, 11) is 2.02. The molecule has 1 rings (SSSR count). The van der Waals surface area contributed by atoms with Crippen LogP contribution < -0.4 is 10.2 Å². The van der Waals surface area contributed by atoms with Gasteiger partial charge in [-0.25, -0.2) is 0 Å². The molecule has 0 aromatic heterocycles. The third-order valence-electron chi connectivity index (χ3n) is 4.59. The number of aliphatic hydroxyl groups is 1. The van der Waals surface area contributed by atoms with E-state index in [9.17, 15) is 9.90 Å². The Kier molecular flexibility index (Phi) is 7.01. The summed E-state index contributed by atoms with van der Waals surface area (Å²) in [5, 5.41) is 12.9. The lowest BCUT2D eigenvalue weighted by molar-refractivity contribution is 0.0821. The summed E-state index contributed by atoms with van der Waals surface area (Å²) < 4.78 is 5.97. The first-order valence-corrected chi connectivity index (χ1v) is 11.2. The molecule has 1 amide bonds. The van der Waals surface area contributed by atoms with Crippen molar-refractivity contribution in [3.8, 4) is 0 Å². The smallest absolute Gasteiger partial charge is 0.251 e. The molecule has 6 heteroatoms. The Morgan fingerprint density at radius 2 is 1.79 bits per heavy atom. The van der Waals surface area contributed by atoms with Crippen LogP contribution >= 0.6 is 0 Å². The third-order valence-corrected chi connectivity index (χ3v) is 9.09. The molecule has 0 saturated heterocycles. The Balaban J connectivity index is 2.46. The van der Waals surface area contributed by atoms with E-state index in [-0.39, 0.29) is 24.1 Å². The molecule has 0 aliphatic rings. The highest BCUT2D eigenvalue weighted by Gasteiger charge is 2.25. The lowest BCUT2D eigenvalue weighted by Gasteiger charge is -2.48. The molecule has 1 aromatic rings. The van der Waals surface area contributed by atoms with Gasteiger partial charge in [0.2, 0.25) is 0 Å². The molecule has 137 valence electrons. The van der Waals surface area contributed by atoms with Gasteiger partial charge in [0.1, 0.15) is 0 Å². The second kappa shape index (κ2) is 8.14. The Hall–Kier alpha value is -1.37. The van der Waals surface area contributed by atoms with Crippen molar-refractivity contribution in [1.29, 1.82) is 0 Å². The van der Waals surface area contributed by atoms with Gasteiger partial charge in [0, 0.05) is 38.5 Å². The summed E-state index contributed by atoms with van der Waals surface area (Å²) in [6, 6.07) is 7.35. The fourth-order valence-electron chi connectivity index (χ4n) is 1.80. The summed E-state index contributed by atoms with van der Waals surface area (Å²) >= 11 is 0. The zero-order chi connectivity index (χ0) is 18.5. The van der Waals surface area contributed by atoms with Crippen molar-refractivity contribution in [3.05, 3.63) is 29.8 Å². The highest BCUT2D eigenvalue weighted by molar-refractivity contribution is 6.74. The summed E-state index contributed by atoms with van der Waals surface area (Å²) in [5.74, 6) is -0.188. The zero-order valence-electron chi connectivity index (χ0n) is 16.0. The Morgan fingerprint density at radius 1 is 1.25 bits per heavy atom. The molecule has 24 heavy (non-hydrogen) atoms. The van der Waals surface area contributed by atoms with E-state index >= 15 is 0 Å². The SMILES string of the molecule is CN(C)c1ccc(C(=O)NCC(O)CO[Si-](C)(C)C(C)(C)C)cc1. The molecule has 0 aliphatic carbocycles. The van der Waals surface area contributed by atoms with Crippen molar-refractivity contribution in [2.45, 2.75) is 45.0 Å². The molecule has 0 radical (unpaired) electrons. The molecule has 0 spiro atoms. The van der Waals surface area contributed by atoms with E-state index in [2.05, 4.69) is 39.2 Å². The number of carbonyl (C=O) groups is 1. The van der Waals surface area contributed by atoms with Crippen LogP contribution in [0.3, 0.4) is 0 Å². The number of nitrogens with one attached hydrogen (secondary N) is 1. The van der Waals surface area contributed by atoms with Gasteiger partial charge in [0.25, 0.3) is 5.91 Å². The first-order chi connectivity index (χ1) is 10.9. The Bertz CT molecular complexity index is 536. The summed E-state index contributed by atoms with van der Waals surface area (Å²) in [6.45, 7) is 11.2. The van der Waals surface area contributed by atoms with Crippen LogP contribution in [0.1, 0.15) is 31.1 Å². The summed E-state index contributed by atoms with van der Waals surface area (Å²) in [6.07, 6.45) is -0.705. The summed E-state index contributed by atoms with van der Waals surface area (Å²) in [5.41, 5.74) is 1.62. The Labute approximate surface area is 147 Å². The average Bonchev–Trinajstić information content (AvgIpc) is 2.49. The van der Waals surface area contributed by atoms with Crippen molar-refractivity contribution in [1.82, 2.24) is 5.32 Å². The van der Waals surface area contributed by atoms with Gasteiger partial charge in [0.15, 0.2) is 0 Å². The number of hydrogen-bond donors (Lipinski definition) is 2. The molecule has 0 heterocycles. The highest BCUT2D eigenvalue weighted by Crippen LogP contribution is 2.36. The van der Waals surface area contributed by atoms with E-state index in [1.807, 2.05) is 31.1 Å². The number of nitrogens with zero attached hydrogens (tertiary/aromatic N) is 1. The second-order valence-electron chi connectivity index (χ2n) is 7.88. The molecular formula is C18H32N2O3Si-. The van der Waals surface area contributed by atoms with Gasteiger partial charge in [-0.1, -0.05) is 20.8 Å². The predicted molar refractivity (Wildman–Crippen MR) is 102 cm³/mol. The standard InChI is InChI=1S/C18H32N2O3Si/c1-18(2,3)24(6,7)23-13-16(21)12-19-17(22)14-8-10-15(11-9-14)20(4)5/h8-11,16,21H,12-13H2,1-7H3,(H,19,22)/q-1. The molecule has 0 aliphatic heterocycles. The van der Waals surface area contributed by atoms with Gasteiger partial charge in [-0.15, -0.1) is 18.1 Å². The second-order valence-corrected chi connectivity index (χ2v) is 12.7. The van der Waals surface area contributed by atoms with Crippen LogP contribution in [-0.2, 0) is 4.43 Å². The first-order valence-electron chi connectivity index (χ1n) is 8.31. The molecule has 1 atom stereocenters. The van der Waals surface area contributed by atoms with E-state index in [0.29, 0.717) is 5.56 Å². The van der Waals surface area contributed by atoms with Crippen LogP contribution in [-0.4, -0.2) is 52.7 Å². The average molecular weight is 353 g/mol. The normalized spacial score (nSPS) is 13.5. The van der Waals surface area contributed by atoms with E-state index in [0.717, 1.165) is 5.69 Å². The Morgan fingerprint density at radius 3 is 2.25 bits per heavy atom. The fourth-order valence-corrected chi connectivity index (χ4v) is 2.85. The van der Waals surface area contributed by atoms with Crippen LogP contribution in [0, 0.1) is 0 Å². The molecule has 2 N–H and O–H groups in total. The highest BCUT2D eigenvalue weighted by atomic mass is 28.4. The molecule has 0 fully saturated rings. The topological polar surface area (TPSA) is 61.8 Å². The number of anilines is 1. The lowest BCUT2D eigenvalue weighted by atomic mass is 10.2. The number of carbonyl (C=O) groups excluding carboxylic acids is 1. The number of aliphatic hydroxyl groups excluding tert-OH is 1. The molecule has 0 bridgehead atoms. The maximum absolute atomic E-state index is 12.1. The van der Waals surface area contributed by atoms with Crippen molar-refractivity contribution in [3.63, 3.8) is 0 Å². The van der Waals surface area contributed by atoms with Gasteiger partial charge in [-0.3, -0.25) is 4.79 Å². The number of amides is 1. The van der Waals surface area contributed by atoms with E-state index in [1.54, 1.807) is 12.1 Å². The molecule has 1 unspecified atom stereocenters. The molecular weight excluding hydrogens is 320 g/mol. The van der Waals surface area contributed by atoms with Crippen molar-refractivity contribution in [2.75, 3.05) is 32.1 Å². The maximum Gasteiger partial charge on any atom is 0.251 e. The van der Waals surface area contributed by atoms with Gasteiger partial charge < -0.3 is 19.7 Å². The first kappa shape index (κ1) is 20.7. The molecule has 1 aromatic carbocycles.